The van der Waals surface area contributed by atoms with E-state index in [0.29, 0.717) is 22.6 Å². The molecule has 2 atom stereocenters. The predicted molar refractivity (Wildman–Crippen MR) is 81.6 cm³/mol. The van der Waals surface area contributed by atoms with Gasteiger partial charge in [-0.15, -0.1) is 23.1 Å². The molecule has 2 unspecified atom stereocenters. The van der Waals surface area contributed by atoms with E-state index in [1.807, 2.05) is 0 Å². The van der Waals surface area contributed by atoms with Crippen molar-refractivity contribution in [1.82, 2.24) is 5.32 Å². The van der Waals surface area contributed by atoms with Gasteiger partial charge in [-0.3, -0.25) is 4.79 Å². The smallest absolute Gasteiger partial charge is 0.345 e. The maximum Gasteiger partial charge on any atom is 0.345 e. The minimum atomic E-state index is -0.915. The number of carbonyl (C=O) groups is 2. The largest absolute Gasteiger partial charge is 0.477 e. The molecule has 4 nitrogen and oxygen atoms in total. The van der Waals surface area contributed by atoms with E-state index >= 15 is 0 Å². The van der Waals surface area contributed by atoms with Crippen LogP contribution in [0.25, 0.3) is 0 Å². The summed E-state index contributed by atoms with van der Waals surface area (Å²) in [7, 11) is 0. The number of aromatic carboxylic acids is 1. The predicted octanol–water partition coefficient (Wildman–Crippen LogP) is 3.23. The summed E-state index contributed by atoms with van der Waals surface area (Å²) in [5, 5.41) is 13.7. The lowest BCUT2D eigenvalue weighted by Gasteiger charge is -2.29. The third-order valence-electron chi connectivity index (χ3n) is 3.61. The van der Waals surface area contributed by atoms with Crippen molar-refractivity contribution >= 4 is 35.0 Å². The van der Waals surface area contributed by atoms with Gasteiger partial charge in [0.05, 0.1) is 5.75 Å². The number of amides is 1. The normalized spacial score (nSPS) is 22.4. The molecule has 20 heavy (non-hydrogen) atoms. The average molecular weight is 313 g/mol. The lowest BCUT2D eigenvalue weighted by molar-refractivity contribution is -0.119. The van der Waals surface area contributed by atoms with Crippen molar-refractivity contribution in [2.75, 3.05) is 5.75 Å². The van der Waals surface area contributed by atoms with E-state index in [0.717, 1.165) is 11.3 Å². The van der Waals surface area contributed by atoms with Crippen molar-refractivity contribution in [3.05, 3.63) is 16.3 Å². The average Bonchev–Trinajstić information content (AvgIpc) is 2.88. The Morgan fingerprint density at radius 2 is 2.20 bits per heavy atom. The Bertz CT molecular complexity index is 487. The molecule has 1 aliphatic rings. The van der Waals surface area contributed by atoms with Crippen LogP contribution in [0.15, 0.2) is 16.3 Å². The molecule has 1 amide bonds. The summed E-state index contributed by atoms with van der Waals surface area (Å²) in [5.41, 5.74) is 0. The molecule has 2 rings (SSSR count). The van der Waals surface area contributed by atoms with E-state index in [1.54, 1.807) is 11.4 Å². The van der Waals surface area contributed by atoms with Crippen LogP contribution in [0, 0.1) is 5.92 Å². The third-order valence-corrected chi connectivity index (χ3v) is 5.66. The number of hydrogen-bond acceptors (Lipinski definition) is 4. The molecule has 2 N–H and O–H groups in total. The molecule has 1 fully saturated rings. The second-order valence-corrected chi connectivity index (χ2v) is 7.14. The van der Waals surface area contributed by atoms with Crippen molar-refractivity contribution in [2.45, 2.75) is 43.5 Å². The lowest BCUT2D eigenvalue weighted by atomic mass is 9.86. The molecule has 1 aromatic rings. The Labute approximate surface area is 127 Å². The Balaban J connectivity index is 1.78. The molecule has 1 heterocycles. The quantitative estimate of drug-likeness (QED) is 0.819. The van der Waals surface area contributed by atoms with Crippen LogP contribution in [0.4, 0.5) is 0 Å². The van der Waals surface area contributed by atoms with E-state index in [9.17, 15) is 9.59 Å². The Morgan fingerprint density at radius 3 is 2.85 bits per heavy atom. The summed E-state index contributed by atoms with van der Waals surface area (Å²) >= 11 is 2.58. The van der Waals surface area contributed by atoms with Gasteiger partial charge >= 0.3 is 5.97 Å². The van der Waals surface area contributed by atoms with Crippen LogP contribution in [-0.4, -0.2) is 28.8 Å². The Kier molecular flexibility index (Phi) is 5.48. The number of thioether (sulfide) groups is 1. The topological polar surface area (TPSA) is 66.4 Å². The molecule has 0 aliphatic heterocycles. The molecule has 1 aromatic heterocycles. The highest BCUT2D eigenvalue weighted by Crippen LogP contribution is 2.26. The summed E-state index contributed by atoms with van der Waals surface area (Å²) in [6.45, 7) is 2.19. The number of thiophene rings is 1. The minimum absolute atomic E-state index is 0.0387. The second kappa shape index (κ2) is 7.13. The summed E-state index contributed by atoms with van der Waals surface area (Å²) in [6, 6.07) is 1.92. The zero-order valence-corrected chi connectivity index (χ0v) is 13.1. The maximum atomic E-state index is 11.9. The molecule has 0 radical (unpaired) electrons. The first kappa shape index (κ1) is 15.4. The van der Waals surface area contributed by atoms with Crippen molar-refractivity contribution in [1.29, 1.82) is 0 Å². The van der Waals surface area contributed by atoms with Gasteiger partial charge in [0.25, 0.3) is 0 Å². The molecule has 0 bridgehead atoms. The first-order valence-electron chi connectivity index (χ1n) is 6.80. The maximum absolute atomic E-state index is 11.9. The number of hydrogen-bond donors (Lipinski definition) is 2. The molecule has 6 heteroatoms. The highest BCUT2D eigenvalue weighted by molar-refractivity contribution is 8.00. The zero-order chi connectivity index (χ0) is 14.5. The molecule has 0 spiro atoms. The molecule has 1 aliphatic carbocycles. The van der Waals surface area contributed by atoms with Gasteiger partial charge in [-0.2, -0.15) is 0 Å². The summed E-state index contributed by atoms with van der Waals surface area (Å²) in [4.78, 5) is 23.9. The van der Waals surface area contributed by atoms with E-state index < -0.39 is 5.97 Å². The van der Waals surface area contributed by atoms with Crippen molar-refractivity contribution < 1.29 is 14.7 Å². The van der Waals surface area contributed by atoms with Gasteiger partial charge in [0.15, 0.2) is 0 Å². The monoisotopic (exact) mass is 313 g/mol. The standard InChI is InChI=1S/C14H19NO3S2/c1-9-4-2-3-5-11(9)15-13(16)8-19-10-6-12(14(17)18)20-7-10/h6-7,9,11H,2-5,8H2,1H3,(H,15,16)(H,17,18). The van der Waals surface area contributed by atoms with Gasteiger partial charge in [-0.1, -0.05) is 19.8 Å². The SMILES string of the molecule is CC1CCCCC1NC(=O)CSc1csc(C(=O)O)c1. The fourth-order valence-corrected chi connectivity index (χ4v) is 4.12. The Morgan fingerprint density at radius 1 is 1.45 bits per heavy atom. The Hall–Kier alpha value is -1.01. The van der Waals surface area contributed by atoms with E-state index in [1.165, 1.54) is 42.4 Å². The first-order chi connectivity index (χ1) is 9.56. The number of carboxylic acid groups (broad SMARTS) is 1. The molecular formula is C14H19NO3S2. The van der Waals surface area contributed by atoms with Gasteiger partial charge < -0.3 is 10.4 Å². The van der Waals surface area contributed by atoms with E-state index in [2.05, 4.69) is 12.2 Å². The van der Waals surface area contributed by atoms with Crippen LogP contribution in [-0.2, 0) is 4.79 Å². The van der Waals surface area contributed by atoms with Gasteiger partial charge in [0.2, 0.25) is 5.91 Å². The van der Waals surface area contributed by atoms with Crippen molar-refractivity contribution in [2.24, 2.45) is 5.92 Å². The highest BCUT2D eigenvalue weighted by atomic mass is 32.2. The molecular weight excluding hydrogens is 294 g/mol. The van der Waals surface area contributed by atoms with Crippen molar-refractivity contribution in [3.63, 3.8) is 0 Å². The van der Waals surface area contributed by atoms with E-state index in [4.69, 9.17) is 5.11 Å². The number of rotatable bonds is 5. The molecule has 1 saturated carbocycles. The molecule has 0 aromatic carbocycles. The first-order valence-corrected chi connectivity index (χ1v) is 8.67. The van der Waals surface area contributed by atoms with E-state index in [-0.39, 0.29) is 5.91 Å². The van der Waals surface area contributed by atoms with Crippen LogP contribution in [0.5, 0.6) is 0 Å². The van der Waals surface area contributed by atoms with Gasteiger partial charge in [-0.05, 0) is 24.8 Å². The summed E-state index contributed by atoms with van der Waals surface area (Å²) in [5.74, 6) is 0.0237. The fourth-order valence-electron chi connectivity index (χ4n) is 2.43. The van der Waals surface area contributed by atoms with Crippen LogP contribution in [0.2, 0.25) is 0 Å². The fraction of sp³-hybridized carbons (Fsp3) is 0.571. The minimum Gasteiger partial charge on any atom is -0.477 e. The molecule has 110 valence electrons. The van der Waals surface area contributed by atoms with Crippen LogP contribution < -0.4 is 5.32 Å². The van der Waals surface area contributed by atoms with Gasteiger partial charge in [0, 0.05) is 16.3 Å². The second-order valence-electron chi connectivity index (χ2n) is 5.18. The van der Waals surface area contributed by atoms with Crippen LogP contribution >= 0.6 is 23.1 Å². The number of nitrogens with one attached hydrogen (secondary N) is 1. The van der Waals surface area contributed by atoms with Crippen LogP contribution in [0.1, 0.15) is 42.3 Å². The summed E-state index contributed by atoms with van der Waals surface area (Å²) < 4.78 is 0. The number of carboxylic acids is 1. The summed E-state index contributed by atoms with van der Waals surface area (Å²) in [6.07, 6.45) is 4.70. The lowest BCUT2D eigenvalue weighted by Crippen LogP contribution is -2.41. The zero-order valence-electron chi connectivity index (χ0n) is 11.4. The van der Waals surface area contributed by atoms with Gasteiger partial charge in [0.1, 0.15) is 4.88 Å². The third kappa shape index (κ3) is 4.24. The number of carbonyl (C=O) groups excluding carboxylic acids is 1. The van der Waals surface area contributed by atoms with Crippen molar-refractivity contribution in [3.8, 4) is 0 Å². The van der Waals surface area contributed by atoms with Crippen LogP contribution in [0.3, 0.4) is 0 Å². The highest BCUT2D eigenvalue weighted by Gasteiger charge is 2.22. The van der Waals surface area contributed by atoms with Gasteiger partial charge in [-0.25, -0.2) is 4.79 Å². The molecule has 0 saturated heterocycles.